The molecule has 0 rings (SSSR count). The first-order valence-electron chi connectivity index (χ1n) is 4.66. The molecule has 0 atom stereocenters. The number of aliphatic imine (C=N–C) groups is 1. The molecule has 81 valence electrons. The van der Waals surface area contributed by atoms with E-state index >= 15 is 0 Å². The molecular weight excluding hydrogens is 182 g/mol. The summed E-state index contributed by atoms with van der Waals surface area (Å²) in [5, 5.41) is 0. The smallest absolute Gasteiger partial charge is 0.311 e. The van der Waals surface area contributed by atoms with Crippen LogP contribution >= 0.6 is 0 Å². The van der Waals surface area contributed by atoms with Gasteiger partial charge >= 0.3 is 5.97 Å². The Balaban J connectivity index is 4.11. The van der Waals surface area contributed by atoms with E-state index in [1.165, 1.54) is 0 Å². The van der Waals surface area contributed by atoms with Crippen LogP contribution < -0.4 is 11.5 Å². The second-order valence-corrected chi connectivity index (χ2v) is 2.99. The molecule has 0 spiro atoms. The molecule has 1 radical (unpaired) electrons. The molecule has 5 heteroatoms. The Bertz CT molecular complexity index is 208. The number of rotatable bonds is 5. The summed E-state index contributed by atoms with van der Waals surface area (Å²) in [5.41, 5.74) is 10.3. The molecule has 5 nitrogen and oxygen atoms in total. The molecule has 0 unspecified atom stereocenters. The van der Waals surface area contributed by atoms with Gasteiger partial charge in [0.15, 0.2) is 5.96 Å². The maximum Gasteiger partial charge on any atom is 0.311 e. The lowest BCUT2D eigenvalue weighted by molar-refractivity contribution is -0.147. The molecule has 0 aromatic rings. The first-order chi connectivity index (χ1) is 6.51. The monoisotopic (exact) mass is 200 g/mol. The van der Waals surface area contributed by atoms with Gasteiger partial charge in [-0.05, 0) is 12.8 Å². The van der Waals surface area contributed by atoms with Crippen molar-refractivity contribution in [3.8, 4) is 0 Å². The van der Waals surface area contributed by atoms with E-state index < -0.39 is 0 Å². The standard InChI is InChI=1S/C9H18N3O2/c1-4-7(5-2)8(13)14-6(3)12-9(10)11/h7H,4-5H2,1-3H3,(H4,10,11,12). The Morgan fingerprint density at radius 2 is 1.86 bits per heavy atom. The first-order valence-corrected chi connectivity index (χ1v) is 4.66. The van der Waals surface area contributed by atoms with Crippen LogP contribution in [-0.4, -0.2) is 11.9 Å². The summed E-state index contributed by atoms with van der Waals surface area (Å²) in [6, 6.07) is 0. The Morgan fingerprint density at radius 3 is 2.21 bits per heavy atom. The zero-order chi connectivity index (χ0) is 11.1. The van der Waals surface area contributed by atoms with Crippen LogP contribution in [0.15, 0.2) is 4.99 Å². The number of carbonyl (C=O) groups excluding carboxylic acids is 1. The third-order valence-electron chi connectivity index (χ3n) is 1.85. The fourth-order valence-electron chi connectivity index (χ4n) is 1.06. The highest BCUT2D eigenvalue weighted by atomic mass is 16.6. The van der Waals surface area contributed by atoms with Crippen molar-refractivity contribution in [3.05, 3.63) is 6.23 Å². The van der Waals surface area contributed by atoms with Gasteiger partial charge < -0.3 is 16.2 Å². The fraction of sp³-hybridized carbons (Fsp3) is 0.667. The third kappa shape index (κ3) is 4.69. The molecule has 4 N–H and O–H groups in total. The summed E-state index contributed by atoms with van der Waals surface area (Å²) in [6.45, 7) is 5.41. The molecule has 0 aliphatic rings. The third-order valence-corrected chi connectivity index (χ3v) is 1.85. The Kier molecular flexibility index (Phi) is 5.67. The minimum atomic E-state index is -0.280. The second-order valence-electron chi connectivity index (χ2n) is 2.99. The molecule has 0 heterocycles. The van der Waals surface area contributed by atoms with Crippen molar-refractivity contribution < 1.29 is 9.53 Å². The first kappa shape index (κ1) is 12.7. The Labute approximate surface area is 84.5 Å². The quantitative estimate of drug-likeness (QED) is 0.389. The molecule has 0 aliphatic carbocycles. The molecule has 0 fully saturated rings. The van der Waals surface area contributed by atoms with Crippen LogP contribution in [0.3, 0.4) is 0 Å². The summed E-state index contributed by atoms with van der Waals surface area (Å²) < 4.78 is 4.94. The van der Waals surface area contributed by atoms with E-state index in [0.29, 0.717) is 0 Å². The largest absolute Gasteiger partial charge is 0.430 e. The van der Waals surface area contributed by atoms with Crippen LogP contribution in [0.1, 0.15) is 33.6 Å². The van der Waals surface area contributed by atoms with Crippen molar-refractivity contribution in [3.63, 3.8) is 0 Å². The number of nitrogens with zero attached hydrogens (tertiary/aromatic N) is 1. The van der Waals surface area contributed by atoms with Crippen LogP contribution in [0.5, 0.6) is 0 Å². The number of carbonyl (C=O) groups is 1. The molecule has 0 aromatic heterocycles. The molecule has 0 saturated heterocycles. The molecule has 0 aromatic carbocycles. The van der Waals surface area contributed by atoms with Crippen molar-refractivity contribution in [2.24, 2.45) is 22.4 Å². The number of ether oxygens (including phenoxy) is 1. The number of esters is 1. The van der Waals surface area contributed by atoms with E-state index in [0.717, 1.165) is 12.8 Å². The van der Waals surface area contributed by atoms with Gasteiger partial charge in [-0.2, -0.15) is 0 Å². The maximum absolute atomic E-state index is 11.4. The van der Waals surface area contributed by atoms with Gasteiger partial charge in [0.05, 0.1) is 5.92 Å². The highest BCUT2D eigenvalue weighted by Gasteiger charge is 2.18. The van der Waals surface area contributed by atoms with E-state index in [4.69, 9.17) is 16.2 Å². The minimum Gasteiger partial charge on any atom is -0.430 e. The van der Waals surface area contributed by atoms with E-state index in [1.54, 1.807) is 6.92 Å². The van der Waals surface area contributed by atoms with Gasteiger partial charge in [-0.15, -0.1) is 0 Å². The summed E-state index contributed by atoms with van der Waals surface area (Å²) >= 11 is 0. The molecule has 0 amide bonds. The topological polar surface area (TPSA) is 90.7 Å². The van der Waals surface area contributed by atoms with Gasteiger partial charge in [0.1, 0.15) is 0 Å². The van der Waals surface area contributed by atoms with Crippen LogP contribution in [0.4, 0.5) is 0 Å². The second kappa shape index (κ2) is 6.23. The van der Waals surface area contributed by atoms with Crippen molar-refractivity contribution in [2.75, 3.05) is 0 Å². The zero-order valence-corrected chi connectivity index (χ0v) is 8.91. The normalized spacial score (nSPS) is 10.4. The van der Waals surface area contributed by atoms with Crippen molar-refractivity contribution >= 4 is 11.9 Å². The highest BCUT2D eigenvalue weighted by Crippen LogP contribution is 2.13. The lowest BCUT2D eigenvalue weighted by Gasteiger charge is -2.13. The van der Waals surface area contributed by atoms with E-state index in [-0.39, 0.29) is 24.1 Å². The van der Waals surface area contributed by atoms with Gasteiger partial charge in [-0.1, -0.05) is 13.8 Å². The van der Waals surface area contributed by atoms with Gasteiger partial charge in [-0.25, -0.2) is 4.99 Å². The summed E-state index contributed by atoms with van der Waals surface area (Å²) in [5.74, 6) is -0.475. The number of nitrogens with two attached hydrogens (primary N) is 2. The minimum absolute atomic E-state index is 0.0841. The fourth-order valence-corrected chi connectivity index (χ4v) is 1.06. The SMILES string of the molecule is CCC(CC)C(=O)O[C](C)N=C(N)N. The average Bonchev–Trinajstić information content (AvgIpc) is 2.04. The highest BCUT2D eigenvalue weighted by molar-refractivity contribution is 5.77. The van der Waals surface area contributed by atoms with E-state index in [9.17, 15) is 4.79 Å². The summed E-state index contributed by atoms with van der Waals surface area (Å²) in [6.07, 6.45) is 1.69. The Morgan fingerprint density at radius 1 is 1.36 bits per heavy atom. The van der Waals surface area contributed by atoms with Gasteiger partial charge in [0, 0.05) is 6.92 Å². The van der Waals surface area contributed by atoms with Crippen molar-refractivity contribution in [1.82, 2.24) is 0 Å². The van der Waals surface area contributed by atoms with E-state index in [1.807, 2.05) is 13.8 Å². The number of hydrogen-bond acceptors (Lipinski definition) is 3. The van der Waals surface area contributed by atoms with Crippen LogP contribution in [-0.2, 0) is 9.53 Å². The molecule has 0 aliphatic heterocycles. The predicted octanol–water partition coefficient (Wildman–Crippen LogP) is 0.749. The lowest BCUT2D eigenvalue weighted by Crippen LogP contribution is -2.25. The van der Waals surface area contributed by atoms with Gasteiger partial charge in [0.25, 0.3) is 6.23 Å². The van der Waals surface area contributed by atoms with Crippen molar-refractivity contribution in [1.29, 1.82) is 0 Å². The summed E-state index contributed by atoms with van der Waals surface area (Å²) in [4.78, 5) is 15.0. The zero-order valence-electron chi connectivity index (χ0n) is 8.91. The van der Waals surface area contributed by atoms with Crippen molar-refractivity contribution in [2.45, 2.75) is 33.6 Å². The van der Waals surface area contributed by atoms with Crippen LogP contribution in [0, 0.1) is 12.1 Å². The van der Waals surface area contributed by atoms with Crippen LogP contribution in [0.2, 0.25) is 0 Å². The maximum atomic E-state index is 11.4. The number of guanidine groups is 1. The van der Waals surface area contributed by atoms with Gasteiger partial charge in [0.2, 0.25) is 0 Å². The lowest BCUT2D eigenvalue weighted by atomic mass is 10.0. The molecule has 0 saturated carbocycles. The van der Waals surface area contributed by atoms with Crippen LogP contribution in [0.25, 0.3) is 0 Å². The Hall–Kier alpha value is -1.26. The molecule has 0 bridgehead atoms. The molecular formula is C9H18N3O2. The van der Waals surface area contributed by atoms with Gasteiger partial charge in [-0.3, -0.25) is 4.79 Å². The predicted molar refractivity (Wildman–Crippen MR) is 54.9 cm³/mol. The van der Waals surface area contributed by atoms with E-state index in [2.05, 4.69) is 4.99 Å². The summed E-state index contributed by atoms with van der Waals surface area (Å²) in [7, 11) is 0. The number of hydrogen-bond donors (Lipinski definition) is 2. The average molecular weight is 200 g/mol. The molecule has 14 heavy (non-hydrogen) atoms.